The van der Waals surface area contributed by atoms with Gasteiger partial charge in [0.2, 0.25) is 0 Å². The highest BCUT2D eigenvalue weighted by Crippen LogP contribution is 2.15. The van der Waals surface area contributed by atoms with Crippen LogP contribution in [0.25, 0.3) is 0 Å². The van der Waals surface area contributed by atoms with Crippen molar-refractivity contribution in [3.05, 3.63) is 23.9 Å². The molecule has 0 amide bonds. The SMILES string of the molecule is CCN1CCN(c2cc(CNC(=NC)NC(C)CCC(C)C)ccn2)CC1.I. The Labute approximate surface area is 188 Å². The fourth-order valence-electron chi connectivity index (χ4n) is 3.31. The lowest BCUT2D eigenvalue weighted by Gasteiger charge is -2.34. The van der Waals surface area contributed by atoms with Crippen LogP contribution < -0.4 is 15.5 Å². The van der Waals surface area contributed by atoms with E-state index in [4.69, 9.17) is 0 Å². The number of anilines is 1. The Morgan fingerprint density at radius 1 is 1.18 bits per heavy atom. The summed E-state index contributed by atoms with van der Waals surface area (Å²) in [4.78, 5) is 13.8. The molecule has 28 heavy (non-hydrogen) atoms. The number of guanidine groups is 1. The van der Waals surface area contributed by atoms with Crippen molar-refractivity contribution >= 4 is 35.8 Å². The molecule has 0 saturated carbocycles. The normalized spacial score (nSPS) is 16.6. The summed E-state index contributed by atoms with van der Waals surface area (Å²) in [5.41, 5.74) is 1.23. The predicted molar refractivity (Wildman–Crippen MR) is 131 cm³/mol. The third-order valence-corrected chi connectivity index (χ3v) is 5.20. The highest BCUT2D eigenvalue weighted by molar-refractivity contribution is 14.0. The topological polar surface area (TPSA) is 55.8 Å². The van der Waals surface area contributed by atoms with E-state index in [1.165, 1.54) is 12.0 Å². The van der Waals surface area contributed by atoms with Gasteiger partial charge >= 0.3 is 0 Å². The Kier molecular flexibility index (Phi) is 11.8. The van der Waals surface area contributed by atoms with Crippen molar-refractivity contribution in [1.29, 1.82) is 0 Å². The van der Waals surface area contributed by atoms with Gasteiger partial charge in [-0.3, -0.25) is 4.99 Å². The van der Waals surface area contributed by atoms with E-state index in [0.29, 0.717) is 6.04 Å². The van der Waals surface area contributed by atoms with Crippen LogP contribution in [-0.2, 0) is 6.54 Å². The Morgan fingerprint density at radius 2 is 1.89 bits per heavy atom. The van der Waals surface area contributed by atoms with Crippen molar-refractivity contribution in [2.45, 2.75) is 53.1 Å². The minimum absolute atomic E-state index is 0. The molecule has 2 heterocycles. The van der Waals surface area contributed by atoms with Gasteiger partial charge in [-0.25, -0.2) is 4.98 Å². The van der Waals surface area contributed by atoms with E-state index in [0.717, 1.165) is 63.4 Å². The molecule has 2 N–H and O–H groups in total. The van der Waals surface area contributed by atoms with Crippen LogP contribution in [0.4, 0.5) is 5.82 Å². The van der Waals surface area contributed by atoms with Crippen LogP contribution >= 0.6 is 24.0 Å². The van der Waals surface area contributed by atoms with Gasteiger partial charge in [0.05, 0.1) is 0 Å². The van der Waals surface area contributed by atoms with Gasteiger partial charge in [-0.1, -0.05) is 20.8 Å². The van der Waals surface area contributed by atoms with Gasteiger partial charge in [0.1, 0.15) is 5.82 Å². The number of hydrogen-bond acceptors (Lipinski definition) is 4. The first-order valence-corrected chi connectivity index (χ1v) is 10.4. The van der Waals surface area contributed by atoms with Crippen LogP contribution in [-0.4, -0.2) is 61.7 Å². The number of nitrogens with one attached hydrogen (secondary N) is 2. The lowest BCUT2D eigenvalue weighted by molar-refractivity contribution is 0.270. The lowest BCUT2D eigenvalue weighted by atomic mass is 10.0. The Balaban J connectivity index is 0.00000392. The first-order chi connectivity index (χ1) is 13.0. The molecule has 1 saturated heterocycles. The van der Waals surface area contributed by atoms with Crippen LogP contribution in [0.2, 0.25) is 0 Å². The standard InChI is InChI=1S/C21H38N6.HI/c1-6-26-11-13-27(14-12-26)20-15-19(9-10-23-20)16-24-21(22-5)25-18(4)8-7-17(2)3;/h9-10,15,17-18H,6-8,11-14,16H2,1-5H3,(H2,22,24,25);1H. The molecule has 0 spiro atoms. The van der Waals surface area contributed by atoms with Crippen molar-refractivity contribution in [3.63, 3.8) is 0 Å². The van der Waals surface area contributed by atoms with E-state index >= 15 is 0 Å². The van der Waals surface area contributed by atoms with Crippen LogP contribution in [0.3, 0.4) is 0 Å². The number of halogens is 1. The molecule has 0 bridgehead atoms. The van der Waals surface area contributed by atoms with Crippen molar-refractivity contribution in [2.75, 3.05) is 44.7 Å². The Hall–Kier alpha value is -1.09. The summed E-state index contributed by atoms with van der Waals surface area (Å²) in [6.45, 7) is 15.2. The summed E-state index contributed by atoms with van der Waals surface area (Å²) in [6, 6.07) is 4.69. The minimum atomic E-state index is 0. The summed E-state index contributed by atoms with van der Waals surface area (Å²) in [5.74, 6) is 2.68. The average Bonchev–Trinajstić information content (AvgIpc) is 2.69. The van der Waals surface area contributed by atoms with Gasteiger partial charge in [-0.2, -0.15) is 0 Å². The van der Waals surface area contributed by atoms with Crippen LogP contribution in [0, 0.1) is 5.92 Å². The zero-order valence-electron chi connectivity index (χ0n) is 18.2. The summed E-state index contributed by atoms with van der Waals surface area (Å²) in [6.07, 6.45) is 4.30. The predicted octanol–water partition coefficient (Wildman–Crippen LogP) is 3.33. The molecule has 7 heteroatoms. The lowest BCUT2D eigenvalue weighted by Crippen LogP contribution is -2.46. The molecule has 1 aromatic heterocycles. The highest BCUT2D eigenvalue weighted by atomic mass is 127. The number of likely N-dealkylation sites (N-methyl/N-ethyl adjacent to an activating group) is 1. The zero-order chi connectivity index (χ0) is 19.6. The monoisotopic (exact) mass is 502 g/mol. The number of hydrogen-bond donors (Lipinski definition) is 2. The Bertz CT molecular complexity index is 584. The number of pyridine rings is 1. The maximum absolute atomic E-state index is 4.58. The van der Waals surface area contributed by atoms with E-state index in [1.807, 2.05) is 13.2 Å². The third kappa shape index (κ3) is 8.51. The van der Waals surface area contributed by atoms with Crippen molar-refractivity contribution in [3.8, 4) is 0 Å². The quantitative estimate of drug-likeness (QED) is 0.325. The van der Waals surface area contributed by atoms with E-state index < -0.39 is 0 Å². The van der Waals surface area contributed by atoms with Gasteiger partial charge in [0.25, 0.3) is 0 Å². The first-order valence-electron chi connectivity index (χ1n) is 10.4. The summed E-state index contributed by atoms with van der Waals surface area (Å²) < 4.78 is 0. The molecule has 160 valence electrons. The average molecular weight is 502 g/mol. The molecular formula is C21H39IN6. The maximum Gasteiger partial charge on any atom is 0.191 e. The van der Waals surface area contributed by atoms with Crippen LogP contribution in [0.5, 0.6) is 0 Å². The number of nitrogens with zero attached hydrogens (tertiary/aromatic N) is 4. The summed E-state index contributed by atoms with van der Waals surface area (Å²) in [5, 5.41) is 6.92. The fraction of sp³-hybridized carbons (Fsp3) is 0.714. The van der Waals surface area contributed by atoms with Crippen molar-refractivity contribution < 1.29 is 0 Å². The second kappa shape index (κ2) is 13.2. The van der Waals surface area contributed by atoms with Gasteiger partial charge in [0, 0.05) is 52.0 Å². The molecule has 1 aromatic rings. The zero-order valence-corrected chi connectivity index (χ0v) is 20.6. The third-order valence-electron chi connectivity index (χ3n) is 5.20. The molecule has 6 nitrogen and oxygen atoms in total. The molecule has 1 aliphatic heterocycles. The summed E-state index contributed by atoms with van der Waals surface area (Å²) in [7, 11) is 1.83. The van der Waals surface area contributed by atoms with Gasteiger partial charge < -0.3 is 20.4 Å². The van der Waals surface area contributed by atoms with Gasteiger partial charge in [-0.15, -0.1) is 24.0 Å². The largest absolute Gasteiger partial charge is 0.354 e. The minimum Gasteiger partial charge on any atom is -0.354 e. The number of aliphatic imine (C=N–C) groups is 1. The molecular weight excluding hydrogens is 463 g/mol. The van der Waals surface area contributed by atoms with E-state index in [9.17, 15) is 0 Å². The van der Waals surface area contributed by atoms with E-state index in [-0.39, 0.29) is 24.0 Å². The van der Waals surface area contributed by atoms with Crippen LogP contribution in [0.1, 0.15) is 46.1 Å². The van der Waals surface area contributed by atoms with Crippen molar-refractivity contribution in [1.82, 2.24) is 20.5 Å². The van der Waals surface area contributed by atoms with Crippen LogP contribution in [0.15, 0.2) is 23.3 Å². The first kappa shape index (κ1) is 24.9. The molecule has 1 aliphatic rings. The molecule has 2 rings (SSSR count). The molecule has 1 unspecified atom stereocenters. The van der Waals surface area contributed by atoms with Gasteiger partial charge in [0.15, 0.2) is 5.96 Å². The Morgan fingerprint density at radius 3 is 2.50 bits per heavy atom. The molecule has 1 fully saturated rings. The number of aromatic nitrogens is 1. The highest BCUT2D eigenvalue weighted by Gasteiger charge is 2.17. The van der Waals surface area contributed by atoms with Crippen molar-refractivity contribution in [2.24, 2.45) is 10.9 Å². The van der Waals surface area contributed by atoms with Gasteiger partial charge in [-0.05, 0) is 49.9 Å². The molecule has 0 aromatic carbocycles. The molecule has 1 atom stereocenters. The second-order valence-electron chi connectivity index (χ2n) is 7.89. The molecule has 0 aliphatic carbocycles. The molecule has 0 radical (unpaired) electrons. The summed E-state index contributed by atoms with van der Waals surface area (Å²) >= 11 is 0. The number of piperazine rings is 1. The smallest absolute Gasteiger partial charge is 0.191 e. The van der Waals surface area contributed by atoms with E-state index in [1.54, 1.807) is 0 Å². The maximum atomic E-state index is 4.58. The fourth-order valence-corrected chi connectivity index (χ4v) is 3.31. The number of rotatable bonds is 8. The second-order valence-corrected chi connectivity index (χ2v) is 7.89. The van der Waals surface area contributed by atoms with E-state index in [2.05, 4.69) is 70.2 Å².